The molecule has 0 saturated heterocycles. The number of nitrogens with zero attached hydrogens (tertiary/aromatic N) is 1. The van der Waals surface area contributed by atoms with E-state index < -0.39 is 14.9 Å². The fourth-order valence-corrected chi connectivity index (χ4v) is 2.43. The van der Waals surface area contributed by atoms with Crippen LogP contribution in [-0.4, -0.2) is 33.0 Å². The Labute approximate surface area is 170 Å². The van der Waals surface area contributed by atoms with Crippen molar-refractivity contribution >= 4 is 69.4 Å². The van der Waals surface area contributed by atoms with Gasteiger partial charge in [-0.1, -0.05) is 41.7 Å². The molecule has 3 N–H and O–H groups in total. The lowest BCUT2D eigenvalue weighted by Gasteiger charge is -2.27. The van der Waals surface area contributed by atoms with Gasteiger partial charge in [0.05, 0.1) is 12.0 Å². The Balaban J connectivity index is 2.86. The van der Waals surface area contributed by atoms with Gasteiger partial charge in [-0.25, -0.2) is 0 Å². The number of amides is 1. The van der Waals surface area contributed by atoms with Crippen LogP contribution in [-0.2, 0) is 4.79 Å². The van der Waals surface area contributed by atoms with Gasteiger partial charge in [-0.2, -0.15) is 0 Å². The molecule has 1 atom stereocenters. The lowest BCUT2D eigenvalue weighted by atomic mass is 10.2. The summed E-state index contributed by atoms with van der Waals surface area (Å²) < 4.78 is 3.05. The van der Waals surface area contributed by atoms with Gasteiger partial charge in [0.2, 0.25) is 9.70 Å². The van der Waals surface area contributed by atoms with E-state index in [1.165, 1.54) is 25.3 Å². The number of nitrogens with one attached hydrogen (secondary N) is 3. The van der Waals surface area contributed by atoms with Crippen molar-refractivity contribution in [1.82, 2.24) is 10.6 Å². The first-order valence-corrected chi connectivity index (χ1v) is 8.88. The third-order valence-electron chi connectivity index (χ3n) is 3.02. The molecule has 1 aromatic rings. The molecule has 0 unspecified atom stereocenters. The summed E-state index contributed by atoms with van der Waals surface area (Å²) in [5.41, 5.74) is 0.0763. The summed E-state index contributed by atoms with van der Waals surface area (Å²) in [6.45, 7) is 1.83. The van der Waals surface area contributed by atoms with Gasteiger partial charge in [-0.15, -0.1) is 0 Å². The average molecular weight is 444 g/mol. The van der Waals surface area contributed by atoms with Crippen LogP contribution in [0, 0.1) is 10.1 Å². The predicted molar refractivity (Wildman–Crippen MR) is 106 cm³/mol. The molecule has 0 aliphatic heterocycles. The summed E-state index contributed by atoms with van der Waals surface area (Å²) >= 11 is 22.7. The van der Waals surface area contributed by atoms with E-state index in [1.807, 2.05) is 6.92 Å². The van der Waals surface area contributed by atoms with Gasteiger partial charge < -0.3 is 20.7 Å². The number of carbonyl (C=O) groups is 1. The molecular weight excluding hydrogens is 427 g/mol. The highest BCUT2D eigenvalue weighted by atomic mass is 35.6. The van der Waals surface area contributed by atoms with E-state index in [4.69, 9.17) is 51.8 Å². The number of rotatable bonds is 7. The van der Waals surface area contributed by atoms with E-state index in [0.29, 0.717) is 12.1 Å². The molecular formula is C14H17Cl3N4O4S. The van der Waals surface area contributed by atoms with Crippen molar-refractivity contribution in [3.05, 3.63) is 28.3 Å². The minimum atomic E-state index is -1.87. The van der Waals surface area contributed by atoms with Crippen molar-refractivity contribution in [3.8, 4) is 5.75 Å². The van der Waals surface area contributed by atoms with E-state index in [2.05, 4.69) is 16.0 Å². The van der Waals surface area contributed by atoms with Crippen LogP contribution in [0.1, 0.15) is 19.8 Å². The maximum absolute atomic E-state index is 11.8. The van der Waals surface area contributed by atoms with Crippen molar-refractivity contribution < 1.29 is 14.5 Å². The Morgan fingerprint density at radius 1 is 1.38 bits per heavy atom. The van der Waals surface area contributed by atoms with Crippen LogP contribution in [0.5, 0.6) is 5.75 Å². The van der Waals surface area contributed by atoms with Crippen LogP contribution in [0.2, 0.25) is 0 Å². The molecule has 0 aliphatic carbocycles. The second kappa shape index (κ2) is 9.96. The van der Waals surface area contributed by atoms with Gasteiger partial charge >= 0.3 is 5.69 Å². The number of benzene rings is 1. The maximum atomic E-state index is 11.8. The van der Waals surface area contributed by atoms with E-state index in [-0.39, 0.29) is 28.9 Å². The third-order valence-corrected chi connectivity index (χ3v) is 3.89. The first-order chi connectivity index (χ1) is 12.1. The fourth-order valence-electron chi connectivity index (χ4n) is 1.87. The molecule has 1 rings (SSSR count). The lowest BCUT2D eigenvalue weighted by molar-refractivity contribution is -0.385. The van der Waals surface area contributed by atoms with Crippen molar-refractivity contribution in [2.75, 3.05) is 12.4 Å². The smallest absolute Gasteiger partial charge is 0.312 e. The molecule has 26 heavy (non-hydrogen) atoms. The summed E-state index contributed by atoms with van der Waals surface area (Å²) in [4.78, 5) is 22.2. The van der Waals surface area contributed by atoms with Gasteiger partial charge in [0.25, 0.3) is 0 Å². The number of carbonyl (C=O) groups excluding carboxylic acids is 1. The van der Waals surface area contributed by atoms with Gasteiger partial charge in [-0.3, -0.25) is 14.9 Å². The van der Waals surface area contributed by atoms with E-state index in [0.717, 1.165) is 0 Å². The molecule has 0 bridgehead atoms. The molecule has 8 nitrogen and oxygen atoms in total. The Bertz CT molecular complexity index is 685. The van der Waals surface area contributed by atoms with Gasteiger partial charge in [-0.05, 0) is 30.8 Å². The molecule has 0 aromatic heterocycles. The predicted octanol–water partition coefficient (Wildman–Crippen LogP) is 3.50. The van der Waals surface area contributed by atoms with Gasteiger partial charge in [0.1, 0.15) is 6.17 Å². The zero-order chi connectivity index (χ0) is 19.9. The Morgan fingerprint density at radius 2 is 2.04 bits per heavy atom. The zero-order valence-corrected chi connectivity index (χ0v) is 16.9. The van der Waals surface area contributed by atoms with Crippen molar-refractivity contribution in [2.24, 2.45) is 0 Å². The number of anilines is 1. The third kappa shape index (κ3) is 6.99. The molecule has 0 heterocycles. The molecule has 12 heteroatoms. The van der Waals surface area contributed by atoms with Crippen LogP contribution in [0.4, 0.5) is 11.4 Å². The number of ether oxygens (including phenoxy) is 1. The highest BCUT2D eigenvalue weighted by Gasteiger charge is 2.34. The number of halogens is 3. The number of methoxy groups -OCH3 is 1. The first-order valence-electron chi connectivity index (χ1n) is 7.34. The largest absolute Gasteiger partial charge is 0.490 e. The zero-order valence-electron chi connectivity index (χ0n) is 13.8. The SMILES string of the molecule is CCCC(=O)N[C@@H](NC(=S)Nc1ccc(OC)c([N+](=O)[O-])c1)C(Cl)(Cl)Cl. The van der Waals surface area contributed by atoms with Crippen LogP contribution >= 0.6 is 47.0 Å². The van der Waals surface area contributed by atoms with Crippen LogP contribution in [0.15, 0.2) is 18.2 Å². The summed E-state index contributed by atoms with van der Waals surface area (Å²) in [6, 6.07) is 4.19. The second-order valence-corrected chi connectivity index (χ2v) is 7.81. The van der Waals surface area contributed by atoms with Crippen LogP contribution < -0.4 is 20.7 Å². The molecule has 0 spiro atoms. The molecule has 144 valence electrons. The first kappa shape index (κ1) is 22.5. The van der Waals surface area contributed by atoms with Crippen LogP contribution in [0.25, 0.3) is 0 Å². The highest BCUT2D eigenvalue weighted by Crippen LogP contribution is 2.31. The standard InChI is InChI=1S/C14H17Cl3N4O4S/c1-3-4-11(22)19-12(14(15,16)17)20-13(26)18-8-5-6-10(25-2)9(7-8)21(23)24/h5-7,12H,3-4H2,1-2H3,(H,19,22)(H2,18,20,26)/t12-/m0/s1. The number of nitro groups is 1. The molecule has 0 fully saturated rings. The maximum Gasteiger partial charge on any atom is 0.312 e. The lowest BCUT2D eigenvalue weighted by Crippen LogP contribution is -2.56. The van der Waals surface area contributed by atoms with Crippen LogP contribution in [0.3, 0.4) is 0 Å². The Hall–Kier alpha value is -1.55. The molecule has 0 saturated carbocycles. The van der Waals surface area contributed by atoms with Crippen molar-refractivity contribution in [1.29, 1.82) is 0 Å². The molecule has 0 aliphatic rings. The Kier molecular flexibility index (Phi) is 8.61. The highest BCUT2D eigenvalue weighted by molar-refractivity contribution is 7.80. The quantitative estimate of drug-likeness (QED) is 0.195. The molecule has 0 radical (unpaired) electrons. The minimum absolute atomic E-state index is 0.00223. The van der Waals surface area contributed by atoms with E-state index in [1.54, 1.807) is 0 Å². The summed E-state index contributed by atoms with van der Waals surface area (Å²) in [5, 5.41) is 19.0. The van der Waals surface area contributed by atoms with Crippen molar-refractivity contribution in [3.63, 3.8) is 0 Å². The Morgan fingerprint density at radius 3 is 2.54 bits per heavy atom. The number of hydrogen-bond donors (Lipinski definition) is 3. The number of hydrogen-bond acceptors (Lipinski definition) is 5. The minimum Gasteiger partial charge on any atom is -0.490 e. The topological polar surface area (TPSA) is 106 Å². The summed E-state index contributed by atoms with van der Waals surface area (Å²) in [5.74, 6) is -0.218. The van der Waals surface area contributed by atoms with Gasteiger partial charge in [0, 0.05) is 18.2 Å². The monoisotopic (exact) mass is 442 g/mol. The fraction of sp³-hybridized carbons (Fsp3) is 0.429. The number of nitro benzene ring substituents is 1. The average Bonchev–Trinajstić information content (AvgIpc) is 2.53. The molecule has 1 amide bonds. The molecule has 1 aromatic carbocycles. The number of alkyl halides is 3. The van der Waals surface area contributed by atoms with Gasteiger partial charge in [0.15, 0.2) is 10.9 Å². The van der Waals surface area contributed by atoms with E-state index in [9.17, 15) is 14.9 Å². The summed E-state index contributed by atoms with van der Waals surface area (Å²) in [6.07, 6.45) is -0.222. The second-order valence-electron chi connectivity index (χ2n) is 5.03. The van der Waals surface area contributed by atoms with Crippen molar-refractivity contribution in [2.45, 2.75) is 29.7 Å². The number of thiocarbonyl (C=S) groups is 1. The normalized spacial score (nSPS) is 12.0. The van der Waals surface area contributed by atoms with E-state index >= 15 is 0 Å². The summed E-state index contributed by atoms with van der Waals surface area (Å²) in [7, 11) is 1.33.